The molecular formula is C30H49N3O2. The maximum atomic E-state index is 14.3. The van der Waals surface area contributed by atoms with Crippen molar-refractivity contribution >= 4 is 5.97 Å². The maximum absolute atomic E-state index is 14.3. The van der Waals surface area contributed by atoms with E-state index >= 15 is 0 Å². The first-order valence-electron chi connectivity index (χ1n) is 14.4. The molecule has 3 saturated heterocycles. The van der Waals surface area contributed by atoms with E-state index in [0.29, 0.717) is 12.5 Å². The SMILES string of the molecule is CCOC(=O)C1(c2ccccc2)C(CN2CCCCC2)CN(CC(C)C)CC1CN1CCCCC1. The highest BCUT2D eigenvalue weighted by molar-refractivity contribution is 5.84. The molecule has 2 unspecified atom stereocenters. The standard InChI is InChI=1S/C30H49N3O2/c1-4-35-29(34)30(26-14-8-5-9-15-26)27(21-31-16-10-6-11-17-31)23-33(20-25(2)3)24-28(30)22-32-18-12-7-13-19-32/h5,8-9,14-15,25,27-28H,4,6-7,10-13,16-24H2,1-3H3. The van der Waals surface area contributed by atoms with Crippen LogP contribution in [0.3, 0.4) is 0 Å². The van der Waals surface area contributed by atoms with Gasteiger partial charge in [0.05, 0.1) is 6.61 Å². The van der Waals surface area contributed by atoms with Crippen LogP contribution in [0, 0.1) is 17.8 Å². The number of likely N-dealkylation sites (tertiary alicyclic amines) is 3. The van der Waals surface area contributed by atoms with Crippen LogP contribution in [-0.2, 0) is 14.9 Å². The van der Waals surface area contributed by atoms with Crippen molar-refractivity contribution in [2.75, 3.05) is 65.5 Å². The molecule has 0 N–H and O–H groups in total. The fourth-order valence-electron chi connectivity index (χ4n) is 7.18. The fourth-order valence-corrected chi connectivity index (χ4v) is 7.18. The van der Waals surface area contributed by atoms with E-state index in [1.807, 2.05) is 6.92 Å². The average molecular weight is 484 g/mol. The van der Waals surface area contributed by atoms with Gasteiger partial charge >= 0.3 is 5.97 Å². The summed E-state index contributed by atoms with van der Waals surface area (Å²) in [6.07, 6.45) is 7.77. The monoisotopic (exact) mass is 483 g/mol. The Balaban J connectivity index is 1.77. The van der Waals surface area contributed by atoms with Gasteiger partial charge in [-0.3, -0.25) is 4.79 Å². The lowest BCUT2D eigenvalue weighted by Crippen LogP contribution is -2.65. The van der Waals surface area contributed by atoms with Gasteiger partial charge in [-0.05, 0) is 70.3 Å². The minimum absolute atomic E-state index is 0.0133. The number of carbonyl (C=O) groups is 1. The summed E-state index contributed by atoms with van der Waals surface area (Å²) >= 11 is 0. The highest BCUT2D eigenvalue weighted by atomic mass is 16.5. The molecule has 1 aromatic rings. The van der Waals surface area contributed by atoms with Crippen LogP contribution < -0.4 is 0 Å². The lowest BCUT2D eigenvalue weighted by atomic mass is 9.59. The zero-order valence-corrected chi connectivity index (χ0v) is 22.6. The average Bonchev–Trinajstić information content (AvgIpc) is 2.86. The van der Waals surface area contributed by atoms with Gasteiger partial charge in [-0.1, -0.05) is 57.0 Å². The van der Waals surface area contributed by atoms with E-state index < -0.39 is 5.41 Å². The Labute approximate surface area is 214 Å². The minimum atomic E-state index is -0.598. The molecule has 0 saturated carbocycles. The largest absolute Gasteiger partial charge is 0.465 e. The Morgan fingerprint density at radius 3 is 1.83 bits per heavy atom. The summed E-state index contributed by atoms with van der Waals surface area (Å²) in [5, 5.41) is 0. The summed E-state index contributed by atoms with van der Waals surface area (Å²) in [6, 6.07) is 10.7. The molecule has 3 aliphatic rings. The Morgan fingerprint density at radius 1 is 0.857 bits per heavy atom. The molecule has 0 aromatic heterocycles. The fraction of sp³-hybridized carbons (Fsp3) is 0.767. The van der Waals surface area contributed by atoms with Gasteiger partial charge in [0, 0.05) is 44.6 Å². The number of piperidine rings is 3. The number of rotatable bonds is 9. The zero-order valence-electron chi connectivity index (χ0n) is 22.6. The second kappa shape index (κ2) is 12.7. The molecule has 5 nitrogen and oxygen atoms in total. The van der Waals surface area contributed by atoms with E-state index in [1.165, 1.54) is 44.1 Å². The molecule has 5 heteroatoms. The number of benzene rings is 1. The lowest BCUT2D eigenvalue weighted by Gasteiger charge is -2.54. The predicted octanol–water partition coefficient (Wildman–Crippen LogP) is 4.66. The first kappa shape index (κ1) is 26.6. The van der Waals surface area contributed by atoms with E-state index in [2.05, 4.69) is 58.9 Å². The highest BCUT2D eigenvalue weighted by Gasteiger charge is 2.57. The third kappa shape index (κ3) is 6.29. The van der Waals surface area contributed by atoms with Crippen molar-refractivity contribution in [3.05, 3.63) is 35.9 Å². The minimum Gasteiger partial charge on any atom is -0.465 e. The molecule has 0 spiro atoms. The van der Waals surface area contributed by atoms with Crippen molar-refractivity contribution in [2.24, 2.45) is 17.8 Å². The van der Waals surface area contributed by atoms with Crippen LogP contribution in [0.25, 0.3) is 0 Å². The van der Waals surface area contributed by atoms with Crippen molar-refractivity contribution in [3.63, 3.8) is 0 Å². The summed E-state index contributed by atoms with van der Waals surface area (Å²) in [5.41, 5.74) is 0.575. The van der Waals surface area contributed by atoms with Gasteiger partial charge in [-0.25, -0.2) is 0 Å². The number of carbonyl (C=O) groups excluding carboxylic acids is 1. The Kier molecular flexibility index (Phi) is 9.66. The summed E-state index contributed by atoms with van der Waals surface area (Å²) in [6.45, 7) is 16.7. The van der Waals surface area contributed by atoms with Gasteiger partial charge in [0.2, 0.25) is 0 Å². The van der Waals surface area contributed by atoms with Gasteiger partial charge in [-0.2, -0.15) is 0 Å². The Morgan fingerprint density at radius 2 is 1.37 bits per heavy atom. The number of ether oxygens (including phenoxy) is 1. The number of esters is 1. The number of hydrogen-bond donors (Lipinski definition) is 0. The second-order valence-corrected chi connectivity index (χ2v) is 11.7. The van der Waals surface area contributed by atoms with E-state index in [1.54, 1.807) is 0 Å². The smallest absolute Gasteiger partial charge is 0.317 e. The van der Waals surface area contributed by atoms with Crippen LogP contribution in [0.15, 0.2) is 30.3 Å². The molecule has 3 aliphatic heterocycles. The van der Waals surface area contributed by atoms with Crippen molar-refractivity contribution in [2.45, 2.75) is 64.7 Å². The molecule has 1 aromatic carbocycles. The van der Waals surface area contributed by atoms with Crippen molar-refractivity contribution in [1.29, 1.82) is 0 Å². The predicted molar refractivity (Wildman–Crippen MR) is 144 cm³/mol. The Bertz CT molecular complexity index is 741. The molecule has 3 heterocycles. The first-order valence-corrected chi connectivity index (χ1v) is 14.4. The van der Waals surface area contributed by atoms with Crippen molar-refractivity contribution in [3.8, 4) is 0 Å². The summed E-state index contributed by atoms with van der Waals surface area (Å²) in [5.74, 6) is 1.08. The van der Waals surface area contributed by atoms with E-state index in [0.717, 1.165) is 58.9 Å². The summed E-state index contributed by atoms with van der Waals surface area (Å²) in [4.78, 5) is 22.2. The van der Waals surface area contributed by atoms with Crippen LogP contribution in [0.5, 0.6) is 0 Å². The summed E-state index contributed by atoms with van der Waals surface area (Å²) in [7, 11) is 0. The van der Waals surface area contributed by atoms with Gasteiger partial charge in [0.1, 0.15) is 5.41 Å². The quantitative estimate of drug-likeness (QED) is 0.477. The maximum Gasteiger partial charge on any atom is 0.317 e. The van der Waals surface area contributed by atoms with Crippen LogP contribution in [-0.4, -0.2) is 86.2 Å². The third-order valence-corrected chi connectivity index (χ3v) is 8.59. The topological polar surface area (TPSA) is 36.0 Å². The molecule has 3 fully saturated rings. The molecular weight excluding hydrogens is 434 g/mol. The molecule has 4 rings (SSSR count). The normalized spacial score (nSPS) is 29.4. The molecule has 0 bridgehead atoms. The van der Waals surface area contributed by atoms with Crippen molar-refractivity contribution < 1.29 is 9.53 Å². The molecule has 0 amide bonds. The van der Waals surface area contributed by atoms with Crippen LogP contribution in [0.4, 0.5) is 0 Å². The van der Waals surface area contributed by atoms with Crippen LogP contribution in [0.2, 0.25) is 0 Å². The van der Waals surface area contributed by atoms with Crippen molar-refractivity contribution in [1.82, 2.24) is 14.7 Å². The molecule has 0 aliphatic carbocycles. The lowest BCUT2D eigenvalue weighted by molar-refractivity contribution is -0.161. The van der Waals surface area contributed by atoms with E-state index in [4.69, 9.17) is 4.74 Å². The Hall–Kier alpha value is -1.43. The van der Waals surface area contributed by atoms with Gasteiger partial charge in [0.15, 0.2) is 0 Å². The van der Waals surface area contributed by atoms with Crippen LogP contribution >= 0.6 is 0 Å². The second-order valence-electron chi connectivity index (χ2n) is 11.7. The van der Waals surface area contributed by atoms with Gasteiger partial charge < -0.3 is 19.4 Å². The van der Waals surface area contributed by atoms with Gasteiger partial charge in [0.25, 0.3) is 0 Å². The molecule has 196 valence electrons. The molecule has 2 atom stereocenters. The third-order valence-electron chi connectivity index (χ3n) is 8.59. The summed E-state index contributed by atoms with van der Waals surface area (Å²) < 4.78 is 6.00. The van der Waals surface area contributed by atoms with Gasteiger partial charge in [-0.15, -0.1) is 0 Å². The highest BCUT2D eigenvalue weighted by Crippen LogP contribution is 2.46. The zero-order chi connectivity index (χ0) is 24.7. The van der Waals surface area contributed by atoms with Crippen LogP contribution in [0.1, 0.15) is 64.9 Å². The number of nitrogens with zero attached hydrogens (tertiary/aromatic N) is 3. The van der Waals surface area contributed by atoms with E-state index in [-0.39, 0.29) is 17.8 Å². The first-order chi connectivity index (χ1) is 17.0. The molecule has 0 radical (unpaired) electrons. The van der Waals surface area contributed by atoms with E-state index in [9.17, 15) is 4.79 Å². The number of hydrogen-bond acceptors (Lipinski definition) is 5. The molecule has 35 heavy (non-hydrogen) atoms.